The summed E-state index contributed by atoms with van der Waals surface area (Å²) in [6, 6.07) is 5.96. The molecule has 0 atom stereocenters. The quantitative estimate of drug-likeness (QED) is 0.793. The van der Waals surface area contributed by atoms with Crippen molar-refractivity contribution in [3.05, 3.63) is 30.1 Å². The lowest BCUT2D eigenvalue weighted by molar-refractivity contribution is -0.146. The van der Waals surface area contributed by atoms with E-state index in [1.165, 1.54) is 31.4 Å². The molecule has 4 aliphatic carbocycles. The van der Waals surface area contributed by atoms with E-state index < -0.39 is 0 Å². The third-order valence-electron chi connectivity index (χ3n) is 7.03. The Morgan fingerprint density at radius 2 is 1.61 bits per heavy atom. The minimum atomic E-state index is -0.317. The summed E-state index contributed by atoms with van der Waals surface area (Å²) in [5, 5.41) is 3.08. The fourth-order valence-electron chi connectivity index (χ4n) is 6.31. The van der Waals surface area contributed by atoms with Crippen LogP contribution < -0.4 is 10.2 Å². The van der Waals surface area contributed by atoms with Crippen molar-refractivity contribution in [1.82, 2.24) is 5.32 Å². The van der Waals surface area contributed by atoms with Gasteiger partial charge in [-0.25, -0.2) is 4.39 Å². The van der Waals surface area contributed by atoms with E-state index in [0.717, 1.165) is 37.0 Å². The molecule has 28 heavy (non-hydrogen) atoms. The maximum absolute atomic E-state index is 13.2. The highest BCUT2D eigenvalue weighted by molar-refractivity contribution is 5.94. The molecule has 0 heterocycles. The summed E-state index contributed by atoms with van der Waals surface area (Å²) in [7, 11) is 0. The van der Waals surface area contributed by atoms with Crippen molar-refractivity contribution in [2.45, 2.75) is 64.8 Å². The fourth-order valence-corrected chi connectivity index (χ4v) is 6.31. The number of nitrogens with one attached hydrogen (secondary N) is 1. The Hall–Kier alpha value is -1.91. The summed E-state index contributed by atoms with van der Waals surface area (Å²) in [5.41, 5.74) is 0.515. The van der Waals surface area contributed by atoms with Crippen LogP contribution in [0.4, 0.5) is 10.1 Å². The Labute approximate surface area is 166 Å². The summed E-state index contributed by atoms with van der Waals surface area (Å²) in [6.45, 7) is 4.24. The van der Waals surface area contributed by atoms with Crippen LogP contribution in [0.2, 0.25) is 0 Å². The van der Waals surface area contributed by atoms with Crippen LogP contribution in [0.25, 0.3) is 0 Å². The first kappa shape index (κ1) is 19.4. The van der Waals surface area contributed by atoms with Crippen molar-refractivity contribution in [3.63, 3.8) is 0 Å². The van der Waals surface area contributed by atoms with Gasteiger partial charge in [-0.2, -0.15) is 0 Å². The molecule has 4 nitrogen and oxygen atoms in total. The van der Waals surface area contributed by atoms with Crippen molar-refractivity contribution in [2.24, 2.45) is 23.2 Å². The van der Waals surface area contributed by atoms with E-state index in [9.17, 15) is 14.0 Å². The SMILES string of the molecule is CC(C)N(C(=O)CCNC(=O)C12CC3CC(CC(C3)C1)C2)c1ccc(F)cc1. The number of benzene rings is 1. The van der Waals surface area contributed by atoms with Gasteiger partial charge in [0, 0.05) is 30.1 Å². The van der Waals surface area contributed by atoms with Crippen LogP contribution in [0.5, 0.6) is 0 Å². The topological polar surface area (TPSA) is 49.4 Å². The molecule has 4 saturated carbocycles. The third-order valence-corrected chi connectivity index (χ3v) is 7.03. The summed E-state index contributed by atoms with van der Waals surface area (Å²) < 4.78 is 13.2. The molecule has 1 aromatic carbocycles. The van der Waals surface area contributed by atoms with Crippen LogP contribution in [-0.4, -0.2) is 24.4 Å². The van der Waals surface area contributed by atoms with E-state index in [-0.39, 0.29) is 35.5 Å². The zero-order chi connectivity index (χ0) is 19.9. The van der Waals surface area contributed by atoms with Gasteiger partial charge in [0.1, 0.15) is 5.82 Å². The second-order valence-corrected chi connectivity index (χ2v) is 9.54. The molecule has 5 heteroatoms. The van der Waals surface area contributed by atoms with Crippen LogP contribution in [0, 0.1) is 29.0 Å². The zero-order valence-corrected chi connectivity index (χ0v) is 16.9. The summed E-state index contributed by atoms with van der Waals surface area (Å²) in [6.07, 6.45) is 7.29. The molecule has 1 N–H and O–H groups in total. The standard InChI is InChI=1S/C23H31FN2O2/c1-15(2)26(20-5-3-19(24)4-6-20)21(27)7-8-25-22(28)23-12-16-9-17(13-23)11-18(10-16)14-23/h3-6,15-18H,7-14H2,1-2H3,(H,25,28). The van der Waals surface area contributed by atoms with Crippen LogP contribution >= 0.6 is 0 Å². The molecule has 0 radical (unpaired) electrons. The Morgan fingerprint density at radius 3 is 2.11 bits per heavy atom. The molecule has 4 aliphatic rings. The van der Waals surface area contributed by atoms with E-state index in [0.29, 0.717) is 12.2 Å². The smallest absolute Gasteiger partial charge is 0.228 e. The first-order chi connectivity index (χ1) is 13.4. The number of carbonyl (C=O) groups is 2. The van der Waals surface area contributed by atoms with Crippen molar-refractivity contribution in [3.8, 4) is 0 Å². The fraction of sp³-hybridized carbons (Fsp3) is 0.652. The third kappa shape index (κ3) is 3.68. The number of rotatable bonds is 6. The van der Waals surface area contributed by atoms with Crippen molar-refractivity contribution < 1.29 is 14.0 Å². The molecule has 1 aromatic rings. The number of amides is 2. The van der Waals surface area contributed by atoms with Crippen LogP contribution in [0.3, 0.4) is 0 Å². The predicted octanol–water partition coefficient (Wildman–Crippen LogP) is 4.29. The van der Waals surface area contributed by atoms with Gasteiger partial charge < -0.3 is 10.2 Å². The Morgan fingerprint density at radius 1 is 1.07 bits per heavy atom. The molecule has 0 saturated heterocycles. The molecule has 0 spiro atoms. The number of halogens is 1. The van der Waals surface area contributed by atoms with Crippen molar-refractivity contribution in [1.29, 1.82) is 0 Å². The molecule has 5 rings (SSSR count). The van der Waals surface area contributed by atoms with Gasteiger partial charge in [0.05, 0.1) is 0 Å². The molecule has 2 amide bonds. The highest BCUT2D eigenvalue weighted by atomic mass is 19.1. The van der Waals surface area contributed by atoms with E-state index in [1.807, 2.05) is 13.8 Å². The lowest BCUT2D eigenvalue weighted by Crippen LogP contribution is -2.54. The molecule has 152 valence electrons. The van der Waals surface area contributed by atoms with Gasteiger partial charge in [0.25, 0.3) is 0 Å². The predicted molar refractivity (Wildman–Crippen MR) is 107 cm³/mol. The lowest BCUT2D eigenvalue weighted by atomic mass is 9.49. The average Bonchev–Trinajstić information content (AvgIpc) is 2.62. The van der Waals surface area contributed by atoms with E-state index in [2.05, 4.69) is 5.32 Å². The molecular weight excluding hydrogens is 355 g/mol. The van der Waals surface area contributed by atoms with Crippen molar-refractivity contribution in [2.75, 3.05) is 11.4 Å². The molecule has 4 fully saturated rings. The maximum Gasteiger partial charge on any atom is 0.228 e. The Balaban J connectivity index is 1.34. The maximum atomic E-state index is 13.2. The monoisotopic (exact) mass is 386 g/mol. The number of nitrogens with zero attached hydrogens (tertiary/aromatic N) is 1. The van der Waals surface area contributed by atoms with Gasteiger partial charge in [0.2, 0.25) is 11.8 Å². The van der Waals surface area contributed by atoms with Gasteiger partial charge in [-0.05, 0) is 94.4 Å². The van der Waals surface area contributed by atoms with E-state index in [1.54, 1.807) is 17.0 Å². The number of anilines is 1. The second kappa shape index (κ2) is 7.49. The van der Waals surface area contributed by atoms with Crippen LogP contribution in [0.1, 0.15) is 58.8 Å². The lowest BCUT2D eigenvalue weighted by Gasteiger charge is -2.55. The van der Waals surface area contributed by atoms with Gasteiger partial charge in [0.15, 0.2) is 0 Å². The average molecular weight is 387 g/mol. The number of hydrogen-bond donors (Lipinski definition) is 1. The minimum absolute atomic E-state index is 0.0307. The van der Waals surface area contributed by atoms with Crippen molar-refractivity contribution >= 4 is 17.5 Å². The van der Waals surface area contributed by atoms with Gasteiger partial charge in [-0.3, -0.25) is 9.59 Å². The largest absolute Gasteiger partial charge is 0.355 e. The Kier molecular flexibility index (Phi) is 5.19. The molecular formula is C23H31FN2O2. The molecule has 0 aliphatic heterocycles. The molecule has 0 aromatic heterocycles. The van der Waals surface area contributed by atoms with Gasteiger partial charge in [-0.1, -0.05) is 0 Å². The number of carbonyl (C=O) groups excluding carboxylic acids is 2. The first-order valence-electron chi connectivity index (χ1n) is 10.7. The highest BCUT2D eigenvalue weighted by Crippen LogP contribution is 2.60. The zero-order valence-electron chi connectivity index (χ0n) is 16.9. The molecule has 4 bridgehead atoms. The summed E-state index contributed by atoms with van der Waals surface area (Å²) in [5.74, 6) is 1.99. The van der Waals surface area contributed by atoms with Crippen LogP contribution in [-0.2, 0) is 9.59 Å². The van der Waals surface area contributed by atoms with Gasteiger partial charge in [-0.15, -0.1) is 0 Å². The molecule has 0 unspecified atom stereocenters. The minimum Gasteiger partial charge on any atom is -0.355 e. The van der Waals surface area contributed by atoms with Gasteiger partial charge >= 0.3 is 0 Å². The Bertz CT molecular complexity index is 708. The number of hydrogen-bond acceptors (Lipinski definition) is 2. The summed E-state index contributed by atoms with van der Waals surface area (Å²) >= 11 is 0. The normalized spacial score (nSPS) is 30.5. The van der Waals surface area contributed by atoms with E-state index >= 15 is 0 Å². The van der Waals surface area contributed by atoms with E-state index in [4.69, 9.17) is 0 Å². The first-order valence-corrected chi connectivity index (χ1v) is 10.7. The summed E-state index contributed by atoms with van der Waals surface area (Å²) in [4.78, 5) is 27.5. The second-order valence-electron chi connectivity index (χ2n) is 9.54. The highest BCUT2D eigenvalue weighted by Gasteiger charge is 2.54. The van der Waals surface area contributed by atoms with Crippen LogP contribution in [0.15, 0.2) is 24.3 Å².